The lowest BCUT2D eigenvalue weighted by atomic mass is 10.2. The zero-order valence-electron chi connectivity index (χ0n) is 10.7. The average Bonchev–Trinajstić information content (AvgIpc) is 2.43. The fourth-order valence-electron chi connectivity index (χ4n) is 1.87. The van der Waals surface area contributed by atoms with Gasteiger partial charge in [-0.05, 0) is 25.0 Å². The van der Waals surface area contributed by atoms with Crippen molar-refractivity contribution in [1.82, 2.24) is 9.71 Å². The lowest BCUT2D eigenvalue weighted by Crippen LogP contribution is -2.25. The third-order valence-electron chi connectivity index (χ3n) is 2.82. The number of sulfonamides is 1. The molecule has 5 nitrogen and oxygen atoms in total. The second-order valence-electron chi connectivity index (χ2n) is 4.32. The molecule has 0 atom stereocenters. The van der Waals surface area contributed by atoms with Crippen LogP contribution in [0, 0.1) is 0 Å². The molecule has 0 aliphatic heterocycles. The maximum atomic E-state index is 12.3. The van der Waals surface area contributed by atoms with Crippen molar-refractivity contribution < 1.29 is 8.42 Å². The van der Waals surface area contributed by atoms with Gasteiger partial charge in [0.2, 0.25) is 10.0 Å². The van der Waals surface area contributed by atoms with Crippen molar-refractivity contribution in [1.29, 1.82) is 0 Å². The van der Waals surface area contributed by atoms with Gasteiger partial charge in [-0.1, -0.05) is 24.4 Å². The van der Waals surface area contributed by atoms with Gasteiger partial charge in [0.05, 0.1) is 9.88 Å². The molecule has 3 N–H and O–H groups in total. The Morgan fingerprint density at radius 2 is 2.15 bits per heavy atom. The Balaban J connectivity index is 2.21. The lowest BCUT2D eigenvalue weighted by Gasteiger charge is -2.09. The highest BCUT2D eigenvalue weighted by Crippen LogP contribution is 2.21. The molecule has 0 spiro atoms. The van der Waals surface area contributed by atoms with Gasteiger partial charge >= 0.3 is 0 Å². The topological polar surface area (TPSA) is 85.1 Å². The fourth-order valence-corrected chi connectivity index (χ4v) is 3.32. The maximum absolute atomic E-state index is 12.3. The summed E-state index contributed by atoms with van der Waals surface area (Å²) in [6.45, 7) is 0.307. The van der Waals surface area contributed by atoms with Crippen LogP contribution in [0.15, 0.2) is 41.6 Å². The van der Waals surface area contributed by atoms with Crippen LogP contribution in [-0.2, 0) is 10.0 Å². The van der Waals surface area contributed by atoms with Crippen LogP contribution in [0.1, 0.15) is 12.8 Å². The minimum atomic E-state index is -3.55. The lowest BCUT2D eigenvalue weighted by molar-refractivity contribution is 0.581. The predicted molar refractivity (Wildman–Crippen MR) is 83.0 cm³/mol. The van der Waals surface area contributed by atoms with Crippen LogP contribution in [0.3, 0.4) is 0 Å². The first-order chi connectivity index (χ1) is 9.50. The number of aromatic nitrogens is 1. The highest BCUT2D eigenvalue weighted by atomic mass is 32.2. The first-order valence-corrected chi connectivity index (χ1v) is 8.00. The van der Waals surface area contributed by atoms with Crippen molar-refractivity contribution in [2.45, 2.75) is 17.7 Å². The van der Waals surface area contributed by atoms with Crippen molar-refractivity contribution in [3.63, 3.8) is 0 Å². The second-order valence-corrected chi connectivity index (χ2v) is 6.58. The largest absolute Gasteiger partial charge is 0.393 e. The van der Waals surface area contributed by atoms with E-state index in [1.54, 1.807) is 30.6 Å². The summed E-state index contributed by atoms with van der Waals surface area (Å²) in [5.41, 5.74) is 5.38. The van der Waals surface area contributed by atoms with Crippen LogP contribution < -0.4 is 10.5 Å². The monoisotopic (exact) mass is 309 g/mol. The molecule has 0 amide bonds. The van der Waals surface area contributed by atoms with Crippen molar-refractivity contribution >= 4 is 38.0 Å². The second kappa shape index (κ2) is 6.25. The van der Waals surface area contributed by atoms with Crippen LogP contribution in [0.5, 0.6) is 0 Å². The van der Waals surface area contributed by atoms with Gasteiger partial charge in [-0.3, -0.25) is 4.98 Å². The third kappa shape index (κ3) is 3.50. The van der Waals surface area contributed by atoms with Crippen LogP contribution >= 0.6 is 12.2 Å². The number of fused-ring (bicyclic) bond motifs is 1. The van der Waals surface area contributed by atoms with E-state index in [9.17, 15) is 8.42 Å². The summed E-state index contributed by atoms with van der Waals surface area (Å²) in [7, 11) is -3.55. The minimum Gasteiger partial charge on any atom is -0.393 e. The SMILES string of the molecule is NC(=S)CCCNS(=O)(=O)c1cccc2cnccc12. The number of nitrogens with zero attached hydrogens (tertiary/aromatic N) is 1. The Labute approximate surface area is 123 Å². The van der Waals surface area contributed by atoms with Gasteiger partial charge in [0.25, 0.3) is 0 Å². The fraction of sp³-hybridized carbons (Fsp3) is 0.231. The van der Waals surface area contributed by atoms with Crippen LogP contribution in [0.25, 0.3) is 10.8 Å². The molecule has 2 rings (SSSR count). The summed E-state index contributed by atoms with van der Waals surface area (Å²) >= 11 is 4.75. The van der Waals surface area contributed by atoms with Gasteiger partial charge < -0.3 is 5.73 Å². The first kappa shape index (κ1) is 14.8. The molecule has 0 aliphatic carbocycles. The van der Waals surface area contributed by atoms with Crippen molar-refractivity contribution in [2.24, 2.45) is 5.73 Å². The number of rotatable bonds is 6. The molecule has 0 saturated heterocycles. The molecule has 1 aromatic carbocycles. The molecule has 0 fully saturated rings. The normalized spacial score (nSPS) is 11.6. The van der Waals surface area contributed by atoms with Gasteiger partial charge in [-0.25, -0.2) is 13.1 Å². The van der Waals surface area contributed by atoms with E-state index in [0.29, 0.717) is 29.8 Å². The third-order valence-corrected chi connectivity index (χ3v) is 4.55. The van der Waals surface area contributed by atoms with Crippen molar-refractivity contribution in [3.05, 3.63) is 36.7 Å². The Hall–Kier alpha value is -1.57. The zero-order chi connectivity index (χ0) is 14.6. The summed E-state index contributed by atoms with van der Waals surface area (Å²) in [4.78, 5) is 4.63. The highest BCUT2D eigenvalue weighted by Gasteiger charge is 2.16. The van der Waals surface area contributed by atoms with Crippen LogP contribution in [0.2, 0.25) is 0 Å². The number of pyridine rings is 1. The first-order valence-electron chi connectivity index (χ1n) is 6.11. The number of nitrogens with one attached hydrogen (secondary N) is 1. The van der Waals surface area contributed by atoms with E-state index in [2.05, 4.69) is 9.71 Å². The van der Waals surface area contributed by atoms with E-state index in [4.69, 9.17) is 18.0 Å². The van der Waals surface area contributed by atoms with Gasteiger partial charge in [0.15, 0.2) is 0 Å². The van der Waals surface area contributed by atoms with Gasteiger partial charge in [-0.15, -0.1) is 0 Å². The predicted octanol–water partition coefficient (Wildman–Crippen LogP) is 1.58. The molecule has 0 bridgehead atoms. The molecule has 7 heteroatoms. The molecule has 0 aliphatic rings. The van der Waals surface area contributed by atoms with Gasteiger partial charge in [0.1, 0.15) is 0 Å². The van der Waals surface area contributed by atoms with E-state index < -0.39 is 10.0 Å². The van der Waals surface area contributed by atoms with Gasteiger partial charge in [-0.2, -0.15) is 0 Å². The molecular weight excluding hydrogens is 294 g/mol. The molecule has 2 aromatic rings. The van der Waals surface area contributed by atoms with Crippen LogP contribution in [0.4, 0.5) is 0 Å². The molecule has 20 heavy (non-hydrogen) atoms. The quantitative estimate of drug-likeness (QED) is 0.625. The molecular formula is C13H15N3O2S2. The highest BCUT2D eigenvalue weighted by molar-refractivity contribution is 7.89. The van der Waals surface area contributed by atoms with E-state index in [-0.39, 0.29) is 4.90 Å². The standard InChI is InChI=1S/C13H15N3O2S2/c14-13(19)5-2-7-16-20(17,18)12-4-1-3-10-9-15-8-6-11(10)12/h1,3-4,6,8-9,16H,2,5,7H2,(H2,14,19). The van der Waals surface area contributed by atoms with E-state index >= 15 is 0 Å². The number of hydrogen-bond donors (Lipinski definition) is 2. The summed E-state index contributed by atoms with van der Waals surface area (Å²) in [5, 5.41) is 1.45. The Bertz CT molecular complexity index is 724. The minimum absolute atomic E-state index is 0.257. The number of hydrogen-bond acceptors (Lipinski definition) is 4. The number of thiocarbonyl (C=S) groups is 1. The Morgan fingerprint density at radius 1 is 1.35 bits per heavy atom. The van der Waals surface area contributed by atoms with E-state index in [1.807, 2.05) is 6.07 Å². The smallest absolute Gasteiger partial charge is 0.241 e. The van der Waals surface area contributed by atoms with Crippen LogP contribution in [-0.4, -0.2) is 24.9 Å². The molecule has 0 radical (unpaired) electrons. The van der Waals surface area contributed by atoms with Gasteiger partial charge in [0, 0.05) is 29.7 Å². The van der Waals surface area contributed by atoms with E-state index in [0.717, 1.165) is 5.39 Å². The molecule has 0 unspecified atom stereocenters. The number of benzene rings is 1. The average molecular weight is 309 g/mol. The van der Waals surface area contributed by atoms with Crippen molar-refractivity contribution in [3.8, 4) is 0 Å². The Kier molecular flexibility index (Phi) is 4.64. The molecule has 106 valence electrons. The summed E-state index contributed by atoms with van der Waals surface area (Å²) in [5.74, 6) is 0. The maximum Gasteiger partial charge on any atom is 0.241 e. The molecule has 0 saturated carbocycles. The van der Waals surface area contributed by atoms with E-state index in [1.165, 1.54) is 0 Å². The summed E-state index contributed by atoms with van der Waals surface area (Å²) in [6.07, 6.45) is 4.33. The Morgan fingerprint density at radius 3 is 2.90 bits per heavy atom. The molecule has 1 heterocycles. The molecule has 1 aromatic heterocycles. The summed E-state index contributed by atoms with van der Waals surface area (Å²) in [6, 6.07) is 6.80. The summed E-state index contributed by atoms with van der Waals surface area (Å²) < 4.78 is 27.1. The zero-order valence-corrected chi connectivity index (χ0v) is 12.4. The van der Waals surface area contributed by atoms with Crippen molar-refractivity contribution in [2.75, 3.05) is 6.54 Å². The number of nitrogens with two attached hydrogens (primary N) is 1.